The molecule has 0 saturated carbocycles. The number of halogens is 2. The van der Waals surface area contributed by atoms with Crippen molar-refractivity contribution in [2.45, 2.75) is 11.3 Å². The van der Waals surface area contributed by atoms with E-state index >= 15 is 0 Å². The van der Waals surface area contributed by atoms with Crippen molar-refractivity contribution in [3.63, 3.8) is 0 Å². The Morgan fingerprint density at radius 2 is 1.90 bits per heavy atom. The number of aromatic nitrogens is 1. The summed E-state index contributed by atoms with van der Waals surface area (Å²) in [7, 11) is -2.01. The van der Waals surface area contributed by atoms with Crippen molar-refractivity contribution in [3.05, 3.63) is 56.5 Å². The van der Waals surface area contributed by atoms with Crippen LogP contribution in [0.15, 0.2) is 46.3 Å². The molecule has 2 heterocycles. The van der Waals surface area contributed by atoms with Gasteiger partial charge >= 0.3 is 0 Å². The third-order valence-corrected chi connectivity index (χ3v) is 8.10. The van der Waals surface area contributed by atoms with Gasteiger partial charge in [0.1, 0.15) is 11.7 Å². The van der Waals surface area contributed by atoms with Gasteiger partial charge in [0.2, 0.25) is 5.52 Å². The molecule has 0 saturated heterocycles. The highest BCUT2D eigenvalue weighted by atomic mass is 35.5. The first kappa shape index (κ1) is 21.0. The van der Waals surface area contributed by atoms with E-state index in [1.165, 1.54) is 0 Å². The minimum atomic E-state index is -4.00. The fourth-order valence-electron chi connectivity index (χ4n) is 3.19. The van der Waals surface area contributed by atoms with E-state index in [2.05, 4.69) is 15.5 Å². The highest BCUT2D eigenvalue weighted by Crippen LogP contribution is 2.47. The topological polar surface area (TPSA) is 61.5 Å². The summed E-state index contributed by atoms with van der Waals surface area (Å²) in [5.41, 5.74) is 1.99. The van der Waals surface area contributed by atoms with Crippen LogP contribution in [0.5, 0.6) is 0 Å². The van der Waals surface area contributed by atoms with E-state index in [0.717, 1.165) is 30.8 Å². The summed E-state index contributed by atoms with van der Waals surface area (Å²) >= 11 is 15.6. The van der Waals surface area contributed by atoms with Crippen molar-refractivity contribution in [2.75, 3.05) is 17.2 Å². The maximum Gasteiger partial charge on any atom is 0.265 e. The van der Waals surface area contributed by atoms with Crippen molar-refractivity contribution in [1.29, 1.82) is 0 Å². The number of thiazole rings is 1. The Morgan fingerprint density at radius 1 is 1.17 bits per heavy atom. The number of hydrogen-bond donors (Lipinski definition) is 1. The lowest BCUT2D eigenvalue weighted by molar-refractivity contribution is -0.642. The number of thioether (sulfide) groups is 1. The highest BCUT2D eigenvalue weighted by Gasteiger charge is 2.27. The van der Waals surface area contributed by atoms with E-state index in [4.69, 9.17) is 27.8 Å². The van der Waals surface area contributed by atoms with E-state index in [0.29, 0.717) is 23.0 Å². The fourth-order valence-corrected chi connectivity index (χ4v) is 6.26. The molecule has 0 unspecified atom stereocenters. The van der Waals surface area contributed by atoms with Gasteiger partial charge in [-0.1, -0.05) is 46.3 Å². The van der Waals surface area contributed by atoms with Gasteiger partial charge in [-0.3, -0.25) is 4.55 Å². The van der Waals surface area contributed by atoms with Crippen molar-refractivity contribution in [2.24, 2.45) is 7.05 Å². The van der Waals surface area contributed by atoms with Gasteiger partial charge in [-0.15, -0.1) is 0 Å². The minimum absolute atomic E-state index is 0.285. The van der Waals surface area contributed by atoms with Crippen molar-refractivity contribution >= 4 is 78.4 Å². The van der Waals surface area contributed by atoms with Gasteiger partial charge in [0.15, 0.2) is 0 Å². The Bertz CT molecular complexity index is 1240. The molecular formula is C19H17Cl2N2O3S3+. The van der Waals surface area contributed by atoms with E-state index in [1.807, 2.05) is 43.4 Å². The molecule has 29 heavy (non-hydrogen) atoms. The van der Waals surface area contributed by atoms with Crippen LogP contribution < -0.4 is 9.47 Å². The van der Waals surface area contributed by atoms with Gasteiger partial charge in [0, 0.05) is 27.6 Å². The molecule has 0 aliphatic carbocycles. The first-order chi connectivity index (χ1) is 13.7. The monoisotopic (exact) mass is 487 g/mol. The summed E-state index contributed by atoms with van der Waals surface area (Å²) < 4.78 is 34.6. The number of hydrogen-bond acceptors (Lipinski definition) is 5. The van der Waals surface area contributed by atoms with Crippen LogP contribution in [0, 0.1) is 0 Å². The van der Waals surface area contributed by atoms with Crippen LogP contribution in [0.4, 0.5) is 5.69 Å². The molecule has 10 heteroatoms. The van der Waals surface area contributed by atoms with E-state index in [1.54, 1.807) is 23.1 Å². The maximum absolute atomic E-state index is 11.1. The third-order valence-electron chi connectivity index (χ3n) is 4.55. The molecule has 152 valence electrons. The van der Waals surface area contributed by atoms with Crippen molar-refractivity contribution in [3.8, 4) is 0 Å². The number of rotatable bonds is 5. The molecule has 1 N–H and O–H groups in total. The number of nitrogens with zero attached hydrogens (tertiary/aromatic N) is 2. The molecule has 0 amide bonds. The summed E-state index contributed by atoms with van der Waals surface area (Å²) in [5.74, 6) is -0.285. The highest BCUT2D eigenvalue weighted by molar-refractivity contribution is 8.03. The zero-order chi connectivity index (χ0) is 20.8. The molecule has 1 aliphatic heterocycles. The SMILES string of the molecule is C[n+]1c(/C=C2\Sc3ccc(Cl)cc3N2CCCS(=O)(=O)O)sc2ccc(Cl)cc21. The lowest BCUT2D eigenvalue weighted by atomic mass is 10.2. The Balaban J connectivity index is 1.72. The smallest absolute Gasteiger partial charge is 0.265 e. The molecule has 5 nitrogen and oxygen atoms in total. The van der Waals surface area contributed by atoms with Crippen LogP contribution in [0.3, 0.4) is 0 Å². The van der Waals surface area contributed by atoms with Gasteiger partial charge in [0.05, 0.1) is 22.5 Å². The van der Waals surface area contributed by atoms with E-state index in [9.17, 15) is 8.42 Å². The normalized spacial score (nSPS) is 15.4. The zero-order valence-electron chi connectivity index (χ0n) is 15.3. The first-order valence-electron chi connectivity index (χ1n) is 8.71. The average Bonchev–Trinajstić information content (AvgIpc) is 3.12. The minimum Gasteiger partial charge on any atom is -0.335 e. The molecule has 0 spiro atoms. The molecule has 3 aromatic rings. The predicted molar refractivity (Wildman–Crippen MR) is 122 cm³/mol. The standard InChI is InChI=1S/C19H16Cl2N2O3S3/c1-22-14-9-12(20)3-5-16(14)27-18(22)11-19-23(7-2-8-29(24,25)26)15-10-13(21)4-6-17(15)28-19/h3-6,9-11H,2,7-8H2,1H3/p+1. The molecule has 2 aromatic carbocycles. The third kappa shape index (κ3) is 4.57. The van der Waals surface area contributed by atoms with Crippen LogP contribution in [-0.4, -0.2) is 25.3 Å². The van der Waals surface area contributed by atoms with Gasteiger partial charge in [-0.25, -0.2) is 0 Å². The van der Waals surface area contributed by atoms with Gasteiger partial charge in [-0.2, -0.15) is 13.0 Å². The molecule has 0 fully saturated rings. The second-order valence-corrected chi connectivity index (χ2v) is 11.2. The Labute approximate surface area is 187 Å². The van der Waals surface area contributed by atoms with Gasteiger partial charge < -0.3 is 4.90 Å². The summed E-state index contributed by atoms with van der Waals surface area (Å²) in [6.07, 6.45) is 2.39. The lowest BCUT2D eigenvalue weighted by Crippen LogP contribution is -2.29. The molecule has 0 radical (unpaired) electrons. The van der Waals surface area contributed by atoms with Gasteiger partial charge in [0.25, 0.3) is 15.1 Å². The fraction of sp³-hybridized carbons (Fsp3) is 0.211. The summed E-state index contributed by atoms with van der Waals surface area (Å²) in [5, 5.41) is 3.33. The number of aryl methyl sites for hydroxylation is 1. The van der Waals surface area contributed by atoms with E-state index < -0.39 is 10.1 Å². The van der Waals surface area contributed by atoms with Gasteiger partial charge in [-0.05, 0) is 36.8 Å². The molecule has 0 bridgehead atoms. The summed E-state index contributed by atoms with van der Waals surface area (Å²) in [6.45, 7) is 0.451. The molecular weight excluding hydrogens is 471 g/mol. The van der Waals surface area contributed by atoms with Crippen LogP contribution in [0.2, 0.25) is 10.0 Å². The van der Waals surface area contributed by atoms with Crippen LogP contribution in [0.25, 0.3) is 16.3 Å². The Kier molecular flexibility index (Phi) is 5.85. The Hall–Kier alpha value is -1.29. The summed E-state index contributed by atoms with van der Waals surface area (Å²) in [6, 6.07) is 11.5. The largest absolute Gasteiger partial charge is 0.335 e. The zero-order valence-corrected chi connectivity index (χ0v) is 19.3. The van der Waals surface area contributed by atoms with Crippen molar-refractivity contribution in [1.82, 2.24) is 0 Å². The number of benzene rings is 2. The molecule has 4 rings (SSSR count). The molecule has 1 aliphatic rings. The predicted octanol–water partition coefficient (Wildman–Crippen LogP) is 5.22. The lowest BCUT2D eigenvalue weighted by Gasteiger charge is -2.20. The summed E-state index contributed by atoms with van der Waals surface area (Å²) in [4.78, 5) is 3.10. The van der Waals surface area contributed by atoms with Crippen molar-refractivity contribution < 1.29 is 17.5 Å². The van der Waals surface area contributed by atoms with Crippen LogP contribution in [-0.2, 0) is 17.2 Å². The van der Waals surface area contributed by atoms with Crippen LogP contribution >= 0.6 is 46.3 Å². The number of fused-ring (bicyclic) bond motifs is 2. The molecule has 1 aromatic heterocycles. The van der Waals surface area contributed by atoms with Crippen LogP contribution in [0.1, 0.15) is 11.4 Å². The quantitative estimate of drug-likeness (QED) is 0.394. The van der Waals surface area contributed by atoms with E-state index in [-0.39, 0.29) is 5.75 Å². The average molecular weight is 488 g/mol. The second kappa shape index (κ2) is 8.09. The number of anilines is 1. The Morgan fingerprint density at radius 3 is 2.66 bits per heavy atom. The first-order valence-corrected chi connectivity index (χ1v) is 12.7. The second-order valence-electron chi connectivity index (χ2n) is 6.60. The molecule has 0 atom stereocenters. The maximum atomic E-state index is 11.1.